The van der Waals surface area contributed by atoms with Crippen molar-refractivity contribution in [3.63, 3.8) is 0 Å². The molecule has 1 aliphatic rings. The standard InChI is InChI=1S/C11H23N/c1-10(2,3)8-9-6-7-12-11(9,4)5/h9,12H,6-8H2,1-5H3/t9-/m0/s1. The second-order valence-corrected chi connectivity index (χ2v) is 5.90. The van der Waals surface area contributed by atoms with Crippen LogP contribution in [-0.2, 0) is 0 Å². The Morgan fingerprint density at radius 2 is 1.92 bits per heavy atom. The molecule has 1 heterocycles. The summed E-state index contributed by atoms with van der Waals surface area (Å²) in [5, 5.41) is 3.57. The van der Waals surface area contributed by atoms with Crippen LogP contribution >= 0.6 is 0 Å². The minimum absolute atomic E-state index is 0.368. The van der Waals surface area contributed by atoms with Crippen LogP contribution in [0.1, 0.15) is 47.5 Å². The van der Waals surface area contributed by atoms with Crippen molar-refractivity contribution in [2.24, 2.45) is 11.3 Å². The van der Waals surface area contributed by atoms with Crippen molar-refractivity contribution in [2.75, 3.05) is 6.54 Å². The Balaban J connectivity index is 2.53. The highest BCUT2D eigenvalue weighted by Crippen LogP contribution is 2.35. The summed E-state index contributed by atoms with van der Waals surface area (Å²) in [7, 11) is 0. The molecule has 1 rings (SSSR count). The fourth-order valence-electron chi connectivity index (χ4n) is 2.17. The molecule has 72 valence electrons. The van der Waals surface area contributed by atoms with Crippen LogP contribution in [0.25, 0.3) is 0 Å². The Hall–Kier alpha value is -0.0400. The summed E-state index contributed by atoms with van der Waals surface area (Å²) < 4.78 is 0. The SMILES string of the molecule is CC(C)(C)C[C@@H]1CCNC1(C)C. The van der Waals surface area contributed by atoms with Gasteiger partial charge in [-0.15, -0.1) is 0 Å². The van der Waals surface area contributed by atoms with Gasteiger partial charge in [-0.3, -0.25) is 0 Å². The first-order valence-electron chi connectivity index (χ1n) is 5.06. The number of hydrogen-bond acceptors (Lipinski definition) is 1. The van der Waals surface area contributed by atoms with Crippen LogP contribution < -0.4 is 5.32 Å². The second kappa shape index (κ2) is 3.02. The van der Waals surface area contributed by atoms with Crippen LogP contribution in [0.4, 0.5) is 0 Å². The van der Waals surface area contributed by atoms with Gasteiger partial charge < -0.3 is 5.32 Å². The molecule has 1 fully saturated rings. The third kappa shape index (κ3) is 2.48. The summed E-state index contributed by atoms with van der Waals surface area (Å²) in [6.07, 6.45) is 2.69. The molecule has 0 saturated carbocycles. The van der Waals surface area contributed by atoms with E-state index >= 15 is 0 Å². The first-order valence-corrected chi connectivity index (χ1v) is 5.06. The molecule has 0 bridgehead atoms. The molecule has 1 heteroatoms. The predicted octanol–water partition coefficient (Wildman–Crippen LogP) is 2.81. The minimum Gasteiger partial charge on any atom is -0.312 e. The lowest BCUT2D eigenvalue weighted by atomic mass is 9.77. The fourth-order valence-corrected chi connectivity index (χ4v) is 2.17. The van der Waals surface area contributed by atoms with Gasteiger partial charge in [-0.1, -0.05) is 20.8 Å². The molecule has 1 aliphatic heterocycles. The van der Waals surface area contributed by atoms with Crippen molar-refractivity contribution >= 4 is 0 Å². The van der Waals surface area contributed by atoms with Gasteiger partial charge in [-0.2, -0.15) is 0 Å². The highest BCUT2D eigenvalue weighted by Gasteiger charge is 2.35. The quantitative estimate of drug-likeness (QED) is 0.636. The molecule has 0 unspecified atom stereocenters. The van der Waals surface area contributed by atoms with E-state index in [2.05, 4.69) is 39.9 Å². The first kappa shape index (κ1) is 10.0. The van der Waals surface area contributed by atoms with E-state index in [1.807, 2.05) is 0 Å². The Morgan fingerprint density at radius 1 is 1.33 bits per heavy atom. The first-order chi connectivity index (χ1) is 5.31. The smallest absolute Gasteiger partial charge is 0.0153 e. The highest BCUT2D eigenvalue weighted by atomic mass is 15.0. The maximum Gasteiger partial charge on any atom is 0.0153 e. The van der Waals surface area contributed by atoms with Crippen LogP contribution in [0.15, 0.2) is 0 Å². The Labute approximate surface area is 76.9 Å². The second-order valence-electron chi connectivity index (χ2n) is 5.90. The normalized spacial score (nSPS) is 29.2. The summed E-state index contributed by atoms with van der Waals surface area (Å²) in [6, 6.07) is 0. The monoisotopic (exact) mass is 169 g/mol. The largest absolute Gasteiger partial charge is 0.312 e. The molecule has 1 N–H and O–H groups in total. The van der Waals surface area contributed by atoms with Crippen LogP contribution in [0.2, 0.25) is 0 Å². The van der Waals surface area contributed by atoms with Crippen molar-refractivity contribution in [1.82, 2.24) is 5.32 Å². The van der Waals surface area contributed by atoms with Gasteiger partial charge in [0.25, 0.3) is 0 Å². The molecule has 12 heavy (non-hydrogen) atoms. The zero-order chi connectivity index (χ0) is 9.41. The van der Waals surface area contributed by atoms with E-state index in [0.717, 1.165) is 5.92 Å². The lowest BCUT2D eigenvalue weighted by molar-refractivity contribution is 0.228. The van der Waals surface area contributed by atoms with E-state index in [0.29, 0.717) is 11.0 Å². The minimum atomic E-state index is 0.368. The maximum atomic E-state index is 3.57. The molecule has 0 aliphatic carbocycles. The molecular weight excluding hydrogens is 146 g/mol. The summed E-state index contributed by atoms with van der Waals surface area (Å²) in [5.41, 5.74) is 0.848. The number of nitrogens with one attached hydrogen (secondary N) is 1. The van der Waals surface area contributed by atoms with Crippen molar-refractivity contribution in [3.05, 3.63) is 0 Å². The van der Waals surface area contributed by atoms with Crippen molar-refractivity contribution < 1.29 is 0 Å². The van der Waals surface area contributed by atoms with E-state index in [9.17, 15) is 0 Å². The van der Waals surface area contributed by atoms with Gasteiger partial charge in [0.15, 0.2) is 0 Å². The fraction of sp³-hybridized carbons (Fsp3) is 1.00. The topological polar surface area (TPSA) is 12.0 Å². The maximum absolute atomic E-state index is 3.57. The summed E-state index contributed by atoms with van der Waals surface area (Å²) >= 11 is 0. The molecule has 0 spiro atoms. The van der Waals surface area contributed by atoms with E-state index < -0.39 is 0 Å². The van der Waals surface area contributed by atoms with Crippen LogP contribution in [0, 0.1) is 11.3 Å². The van der Waals surface area contributed by atoms with Gasteiger partial charge in [0, 0.05) is 5.54 Å². The third-order valence-electron chi connectivity index (χ3n) is 2.95. The third-order valence-corrected chi connectivity index (χ3v) is 2.95. The zero-order valence-corrected chi connectivity index (χ0v) is 9.20. The average molecular weight is 169 g/mol. The van der Waals surface area contributed by atoms with E-state index in [1.165, 1.54) is 19.4 Å². The van der Waals surface area contributed by atoms with Crippen molar-refractivity contribution in [3.8, 4) is 0 Å². The Bertz CT molecular complexity index is 153. The van der Waals surface area contributed by atoms with E-state index in [4.69, 9.17) is 0 Å². The van der Waals surface area contributed by atoms with Gasteiger partial charge >= 0.3 is 0 Å². The zero-order valence-electron chi connectivity index (χ0n) is 9.20. The summed E-state index contributed by atoms with van der Waals surface area (Å²) in [5.74, 6) is 0.859. The summed E-state index contributed by atoms with van der Waals surface area (Å²) in [4.78, 5) is 0. The van der Waals surface area contributed by atoms with Crippen LogP contribution in [0.3, 0.4) is 0 Å². The van der Waals surface area contributed by atoms with Gasteiger partial charge in [0.05, 0.1) is 0 Å². The molecule has 1 nitrogen and oxygen atoms in total. The number of rotatable bonds is 1. The number of hydrogen-bond donors (Lipinski definition) is 1. The highest BCUT2D eigenvalue weighted by molar-refractivity contribution is 4.93. The van der Waals surface area contributed by atoms with E-state index in [-0.39, 0.29) is 0 Å². The lowest BCUT2D eigenvalue weighted by Crippen LogP contribution is -2.39. The van der Waals surface area contributed by atoms with Gasteiger partial charge in [0.2, 0.25) is 0 Å². The predicted molar refractivity (Wildman–Crippen MR) is 54.3 cm³/mol. The molecule has 0 aromatic carbocycles. The van der Waals surface area contributed by atoms with E-state index in [1.54, 1.807) is 0 Å². The Morgan fingerprint density at radius 3 is 2.25 bits per heavy atom. The van der Waals surface area contributed by atoms with Crippen molar-refractivity contribution in [1.29, 1.82) is 0 Å². The van der Waals surface area contributed by atoms with Gasteiger partial charge in [0.1, 0.15) is 0 Å². The molecule has 1 atom stereocenters. The van der Waals surface area contributed by atoms with Crippen molar-refractivity contribution in [2.45, 2.75) is 53.0 Å². The molecular formula is C11H23N. The van der Waals surface area contributed by atoms with Gasteiger partial charge in [-0.05, 0) is 44.6 Å². The van der Waals surface area contributed by atoms with Crippen LogP contribution in [-0.4, -0.2) is 12.1 Å². The molecule has 0 aromatic heterocycles. The molecule has 1 saturated heterocycles. The molecule has 0 radical (unpaired) electrons. The molecule has 0 aromatic rings. The Kier molecular flexibility index (Phi) is 2.53. The van der Waals surface area contributed by atoms with Gasteiger partial charge in [-0.25, -0.2) is 0 Å². The average Bonchev–Trinajstić information content (AvgIpc) is 2.07. The molecule has 0 amide bonds. The van der Waals surface area contributed by atoms with Crippen LogP contribution in [0.5, 0.6) is 0 Å². The lowest BCUT2D eigenvalue weighted by Gasteiger charge is -2.32. The summed E-state index contributed by atoms with van der Waals surface area (Å²) in [6.45, 7) is 12.9.